The Labute approximate surface area is 61.0 Å². The molecule has 0 atom stereocenters. The van der Waals surface area contributed by atoms with E-state index in [4.69, 9.17) is 10.2 Å². The van der Waals surface area contributed by atoms with E-state index in [0.29, 0.717) is 0 Å². The molecule has 0 amide bonds. The second-order valence-electron chi connectivity index (χ2n) is 1.15. The van der Waals surface area contributed by atoms with Gasteiger partial charge in [0.2, 0.25) is 0 Å². The molecule has 0 heterocycles. The van der Waals surface area contributed by atoms with Crippen molar-refractivity contribution in [3.63, 3.8) is 0 Å². The summed E-state index contributed by atoms with van der Waals surface area (Å²) in [5.74, 6) is 0. The molecule has 3 heteroatoms. The Kier molecular flexibility index (Phi) is 15.1. The molecule has 0 aromatic carbocycles. The third-order valence-corrected chi connectivity index (χ3v) is 0.566. The van der Waals surface area contributed by atoms with Gasteiger partial charge >= 0.3 is 24.4 Å². The van der Waals surface area contributed by atoms with Gasteiger partial charge in [-0.25, -0.2) is 0 Å². The molecular weight excluding hydrogens is 202 g/mol. The third kappa shape index (κ3) is 10.8. The second kappa shape index (κ2) is 9.88. The predicted octanol–water partition coefficient (Wildman–Crippen LogP) is -1.43. The van der Waals surface area contributed by atoms with Crippen molar-refractivity contribution < 1.29 is 10.2 Å². The molecule has 0 aromatic heterocycles. The predicted molar refractivity (Wildman–Crippen MR) is 33.3 cm³/mol. The zero-order valence-electron chi connectivity index (χ0n) is 4.43. The van der Waals surface area contributed by atoms with Crippen LogP contribution in [-0.2, 0) is 0 Å². The first kappa shape index (κ1) is 10.7. The number of hydrogen-bond donors (Lipinski definition) is 2. The van der Waals surface area contributed by atoms with Gasteiger partial charge in [0.15, 0.2) is 0 Å². The Hall–Kier alpha value is 0.738. The monoisotopic (exact) mass is 214 g/mol. The summed E-state index contributed by atoms with van der Waals surface area (Å²) in [4.78, 5) is 0. The number of hydrogen-bond acceptors (Lipinski definition) is 2. The summed E-state index contributed by atoms with van der Waals surface area (Å²) in [6.07, 6.45) is 1.44. The first-order valence-corrected chi connectivity index (χ1v) is 2.13. The average molecular weight is 215 g/mol. The topological polar surface area (TPSA) is 40.5 Å². The van der Waals surface area contributed by atoms with Gasteiger partial charge in [0.25, 0.3) is 0 Å². The van der Waals surface area contributed by atoms with Crippen molar-refractivity contribution in [3.05, 3.63) is 0 Å². The molecule has 0 fully saturated rings. The maximum absolute atomic E-state index is 8.09. The van der Waals surface area contributed by atoms with Crippen LogP contribution in [0, 0.1) is 0 Å². The van der Waals surface area contributed by atoms with E-state index in [-0.39, 0.29) is 37.6 Å². The van der Waals surface area contributed by atoms with E-state index in [0.717, 1.165) is 12.8 Å². The summed E-state index contributed by atoms with van der Waals surface area (Å²) in [6.45, 7) is 0.390. The van der Waals surface area contributed by atoms with E-state index in [1.807, 2.05) is 0 Å². The third-order valence-electron chi connectivity index (χ3n) is 0.566. The first-order chi connectivity index (χ1) is 2.91. The van der Waals surface area contributed by atoms with Crippen LogP contribution in [0.15, 0.2) is 0 Å². The standard InChI is InChI=1S/C4H10O2.Sb.3H/c5-3-1-2-4-6;;;;/h5-6H,1-4H2;;;;. The van der Waals surface area contributed by atoms with Gasteiger partial charge in [-0.3, -0.25) is 0 Å². The summed E-state index contributed by atoms with van der Waals surface area (Å²) in [7, 11) is 0. The molecule has 0 rings (SSSR count). The Morgan fingerprint density at radius 1 is 0.857 bits per heavy atom. The van der Waals surface area contributed by atoms with Gasteiger partial charge in [0.1, 0.15) is 0 Å². The van der Waals surface area contributed by atoms with E-state index in [1.54, 1.807) is 0 Å². The molecule has 0 aliphatic rings. The van der Waals surface area contributed by atoms with Gasteiger partial charge in [0.05, 0.1) is 0 Å². The molecule has 2 nitrogen and oxygen atoms in total. The number of aliphatic hydroxyl groups is 2. The number of unbranched alkanes of at least 4 members (excludes halogenated alkanes) is 1. The van der Waals surface area contributed by atoms with Crippen molar-refractivity contribution in [2.24, 2.45) is 0 Å². The van der Waals surface area contributed by atoms with Crippen LogP contribution in [0.5, 0.6) is 0 Å². The van der Waals surface area contributed by atoms with Crippen molar-refractivity contribution in [1.29, 1.82) is 0 Å². The summed E-state index contributed by atoms with van der Waals surface area (Å²) >= 11 is 0. The molecule has 0 spiro atoms. The van der Waals surface area contributed by atoms with Gasteiger partial charge in [-0.1, -0.05) is 0 Å². The van der Waals surface area contributed by atoms with Crippen LogP contribution in [0.3, 0.4) is 0 Å². The van der Waals surface area contributed by atoms with Crippen LogP contribution < -0.4 is 0 Å². The maximum atomic E-state index is 8.09. The molecule has 46 valence electrons. The van der Waals surface area contributed by atoms with E-state index in [2.05, 4.69) is 0 Å². The zero-order valence-corrected chi connectivity index (χ0v) is 8.47. The van der Waals surface area contributed by atoms with Crippen molar-refractivity contribution in [2.45, 2.75) is 12.8 Å². The normalized spacial score (nSPS) is 7.71. The fourth-order valence-corrected chi connectivity index (χ4v) is 0.224. The molecule has 0 aliphatic carbocycles. The molecule has 0 radical (unpaired) electrons. The van der Waals surface area contributed by atoms with Crippen LogP contribution in [0.1, 0.15) is 12.8 Å². The molecule has 0 bridgehead atoms. The van der Waals surface area contributed by atoms with Gasteiger partial charge in [-0.2, -0.15) is 0 Å². The Balaban J connectivity index is 0. The van der Waals surface area contributed by atoms with Gasteiger partial charge in [-0.15, -0.1) is 0 Å². The van der Waals surface area contributed by atoms with E-state index >= 15 is 0 Å². The van der Waals surface area contributed by atoms with E-state index in [9.17, 15) is 0 Å². The fraction of sp³-hybridized carbons (Fsp3) is 1.00. The Morgan fingerprint density at radius 2 is 1.14 bits per heavy atom. The van der Waals surface area contributed by atoms with Gasteiger partial charge in [0, 0.05) is 13.2 Å². The van der Waals surface area contributed by atoms with E-state index in [1.165, 1.54) is 0 Å². The van der Waals surface area contributed by atoms with Crippen LogP contribution in [-0.4, -0.2) is 47.9 Å². The molecule has 0 saturated carbocycles. The Morgan fingerprint density at radius 3 is 1.29 bits per heavy atom. The summed E-state index contributed by atoms with van der Waals surface area (Å²) in [5, 5.41) is 16.2. The molecule has 0 aromatic rings. The minimum absolute atomic E-state index is 0. The summed E-state index contributed by atoms with van der Waals surface area (Å²) in [6, 6.07) is 0. The van der Waals surface area contributed by atoms with Crippen LogP contribution >= 0.6 is 0 Å². The van der Waals surface area contributed by atoms with Crippen molar-refractivity contribution in [2.75, 3.05) is 13.2 Å². The van der Waals surface area contributed by atoms with Gasteiger partial charge in [-0.05, 0) is 12.8 Å². The minimum atomic E-state index is 0. The van der Waals surface area contributed by atoms with Crippen LogP contribution in [0.2, 0.25) is 0 Å². The Bertz CT molecular complexity index is 21.7. The molecule has 2 N–H and O–H groups in total. The molecule has 0 aliphatic heterocycles. The molecule has 0 saturated heterocycles. The number of rotatable bonds is 3. The average Bonchev–Trinajstić information content (AvgIpc) is 1.61. The number of aliphatic hydroxyl groups excluding tert-OH is 2. The summed E-state index contributed by atoms with van der Waals surface area (Å²) in [5.41, 5.74) is 0. The van der Waals surface area contributed by atoms with Crippen molar-refractivity contribution >= 4 is 24.4 Å². The zero-order chi connectivity index (χ0) is 4.83. The molecule has 0 unspecified atom stereocenters. The fourth-order valence-electron chi connectivity index (χ4n) is 0.224. The van der Waals surface area contributed by atoms with Crippen LogP contribution in [0.25, 0.3) is 0 Å². The van der Waals surface area contributed by atoms with E-state index < -0.39 is 0 Å². The van der Waals surface area contributed by atoms with Crippen LogP contribution in [0.4, 0.5) is 0 Å². The second-order valence-corrected chi connectivity index (χ2v) is 1.15. The quantitative estimate of drug-likeness (QED) is 0.447. The van der Waals surface area contributed by atoms with Crippen molar-refractivity contribution in [1.82, 2.24) is 0 Å². The molecule has 7 heavy (non-hydrogen) atoms. The summed E-state index contributed by atoms with van der Waals surface area (Å²) < 4.78 is 0. The van der Waals surface area contributed by atoms with Crippen molar-refractivity contribution in [3.8, 4) is 0 Å². The SMILES string of the molecule is OCCCCO.[SbH3]. The first-order valence-electron chi connectivity index (χ1n) is 2.13. The van der Waals surface area contributed by atoms with Gasteiger partial charge < -0.3 is 10.2 Å². The molecular formula is C4H13O2Sb.